The first-order valence-electron chi connectivity index (χ1n) is 4.42. The Hall–Kier alpha value is -0.840. The Morgan fingerprint density at radius 1 is 1.57 bits per heavy atom. The van der Waals surface area contributed by atoms with Crippen molar-refractivity contribution in [2.45, 2.75) is 25.5 Å². The molecule has 0 aromatic carbocycles. The van der Waals surface area contributed by atoms with Gasteiger partial charge in [-0.15, -0.1) is 16.9 Å². The number of aryl methyl sites for hydroxylation is 1. The highest BCUT2D eigenvalue weighted by Gasteiger charge is 2.16. The van der Waals surface area contributed by atoms with Gasteiger partial charge < -0.3 is 0 Å². The topological polar surface area (TPSA) is 47.8 Å². The number of rotatable bonds is 3. The SMILES string of the molecule is Cn1nncc1C(=O)CSC(C)(C)C. The lowest BCUT2D eigenvalue weighted by Crippen LogP contribution is -2.15. The number of carbonyl (C=O) groups is 1. The first-order chi connectivity index (χ1) is 6.40. The standard InChI is InChI=1S/C9H15N3OS/c1-9(2,3)14-6-8(13)7-5-10-11-12(7)4/h5H,6H2,1-4H3. The van der Waals surface area contributed by atoms with Crippen LogP contribution < -0.4 is 0 Å². The van der Waals surface area contributed by atoms with E-state index in [2.05, 4.69) is 31.1 Å². The third-order valence-corrected chi connectivity index (χ3v) is 2.91. The second-order valence-corrected chi connectivity index (χ2v) is 5.87. The molecule has 5 heteroatoms. The average Bonchev–Trinajstić information content (AvgIpc) is 2.46. The third-order valence-electron chi connectivity index (χ3n) is 1.64. The fourth-order valence-corrected chi connectivity index (χ4v) is 1.61. The smallest absolute Gasteiger partial charge is 0.192 e. The predicted octanol–water partition coefficient (Wildman–Crippen LogP) is 1.53. The minimum atomic E-state index is 0.0809. The number of nitrogens with zero attached hydrogens (tertiary/aromatic N) is 3. The Bertz CT molecular complexity index is 327. The van der Waals surface area contributed by atoms with Crippen molar-refractivity contribution in [3.63, 3.8) is 0 Å². The quantitative estimate of drug-likeness (QED) is 0.714. The molecule has 0 aliphatic heterocycles. The molecule has 4 nitrogen and oxygen atoms in total. The monoisotopic (exact) mass is 213 g/mol. The molecule has 0 fully saturated rings. The molecule has 1 aromatic heterocycles. The molecule has 0 N–H and O–H groups in total. The van der Waals surface area contributed by atoms with E-state index in [4.69, 9.17) is 0 Å². The molecule has 0 spiro atoms. The summed E-state index contributed by atoms with van der Waals surface area (Å²) in [6, 6.07) is 0. The highest BCUT2D eigenvalue weighted by Crippen LogP contribution is 2.23. The summed E-state index contributed by atoms with van der Waals surface area (Å²) < 4.78 is 1.62. The number of carbonyl (C=O) groups excluding carboxylic acids is 1. The highest BCUT2D eigenvalue weighted by molar-refractivity contribution is 8.01. The Morgan fingerprint density at radius 3 is 2.64 bits per heavy atom. The Kier molecular flexibility index (Phi) is 3.31. The van der Waals surface area contributed by atoms with Gasteiger partial charge >= 0.3 is 0 Å². The van der Waals surface area contributed by atoms with Crippen LogP contribution in [0.15, 0.2) is 6.20 Å². The van der Waals surface area contributed by atoms with E-state index in [0.29, 0.717) is 11.4 Å². The van der Waals surface area contributed by atoms with Crippen LogP contribution in [0.5, 0.6) is 0 Å². The Morgan fingerprint density at radius 2 is 2.21 bits per heavy atom. The summed E-state index contributed by atoms with van der Waals surface area (Å²) in [6.45, 7) is 6.27. The number of hydrogen-bond acceptors (Lipinski definition) is 4. The van der Waals surface area contributed by atoms with Gasteiger partial charge in [0.05, 0.1) is 11.9 Å². The van der Waals surface area contributed by atoms with Gasteiger partial charge in [-0.05, 0) is 0 Å². The van der Waals surface area contributed by atoms with Crippen LogP contribution >= 0.6 is 11.8 Å². The zero-order chi connectivity index (χ0) is 10.8. The molecule has 78 valence electrons. The van der Waals surface area contributed by atoms with E-state index in [1.165, 1.54) is 10.9 Å². The molecule has 1 rings (SSSR count). The van der Waals surface area contributed by atoms with Crippen LogP contribution in [0.3, 0.4) is 0 Å². The minimum absolute atomic E-state index is 0.0809. The highest BCUT2D eigenvalue weighted by atomic mass is 32.2. The minimum Gasteiger partial charge on any atom is -0.291 e. The van der Waals surface area contributed by atoms with Crippen LogP contribution in [0.2, 0.25) is 0 Å². The largest absolute Gasteiger partial charge is 0.291 e. The first kappa shape index (κ1) is 11.2. The van der Waals surface area contributed by atoms with E-state index >= 15 is 0 Å². The zero-order valence-electron chi connectivity index (χ0n) is 8.94. The van der Waals surface area contributed by atoms with E-state index < -0.39 is 0 Å². The lowest BCUT2D eigenvalue weighted by atomic mass is 10.3. The lowest BCUT2D eigenvalue weighted by molar-refractivity contribution is 0.101. The van der Waals surface area contributed by atoms with E-state index in [0.717, 1.165) is 0 Å². The maximum absolute atomic E-state index is 11.7. The molecule has 14 heavy (non-hydrogen) atoms. The van der Waals surface area contributed by atoms with Crippen molar-refractivity contribution in [1.82, 2.24) is 15.0 Å². The second-order valence-electron chi connectivity index (χ2n) is 4.07. The van der Waals surface area contributed by atoms with Crippen molar-refractivity contribution < 1.29 is 4.79 Å². The Balaban J connectivity index is 2.56. The van der Waals surface area contributed by atoms with Crippen molar-refractivity contribution in [3.8, 4) is 0 Å². The number of aromatic nitrogens is 3. The molecule has 0 aliphatic carbocycles. The zero-order valence-corrected chi connectivity index (χ0v) is 9.76. The van der Waals surface area contributed by atoms with Gasteiger partial charge in [-0.2, -0.15) is 0 Å². The molecule has 1 aromatic rings. The van der Waals surface area contributed by atoms with Crippen LogP contribution in [-0.2, 0) is 7.05 Å². The molecule has 0 radical (unpaired) electrons. The van der Waals surface area contributed by atoms with E-state index in [1.54, 1.807) is 18.8 Å². The van der Waals surface area contributed by atoms with Gasteiger partial charge in [-0.3, -0.25) is 4.79 Å². The molecular weight excluding hydrogens is 198 g/mol. The summed E-state index contributed by atoms with van der Waals surface area (Å²) in [4.78, 5) is 11.7. The van der Waals surface area contributed by atoms with Crippen LogP contribution in [-0.4, -0.2) is 31.3 Å². The van der Waals surface area contributed by atoms with E-state index in [9.17, 15) is 4.79 Å². The maximum atomic E-state index is 11.7. The number of Topliss-reactive ketones (excluding diaryl/α,β-unsaturated/α-hetero) is 1. The summed E-state index contributed by atoms with van der Waals surface area (Å²) in [5.74, 6) is 0.558. The molecule has 0 bridgehead atoms. The summed E-state index contributed by atoms with van der Waals surface area (Å²) in [7, 11) is 1.72. The second kappa shape index (κ2) is 4.13. The lowest BCUT2D eigenvalue weighted by Gasteiger charge is -2.16. The molecule has 0 unspecified atom stereocenters. The average molecular weight is 213 g/mol. The Labute approximate surface area is 88.1 Å². The molecule has 1 heterocycles. The van der Waals surface area contributed by atoms with Crippen LogP contribution in [0.25, 0.3) is 0 Å². The molecule has 0 saturated carbocycles. The van der Waals surface area contributed by atoms with Gasteiger partial charge in [0.25, 0.3) is 0 Å². The number of ketones is 1. The molecule has 0 amide bonds. The van der Waals surface area contributed by atoms with Gasteiger partial charge in [0, 0.05) is 11.8 Å². The third kappa shape index (κ3) is 3.14. The molecular formula is C9H15N3OS. The summed E-state index contributed by atoms with van der Waals surface area (Å²) >= 11 is 1.63. The van der Waals surface area contributed by atoms with Gasteiger partial charge in [0.1, 0.15) is 5.69 Å². The van der Waals surface area contributed by atoms with Crippen LogP contribution in [0.4, 0.5) is 0 Å². The van der Waals surface area contributed by atoms with Crippen LogP contribution in [0.1, 0.15) is 31.3 Å². The normalized spacial score (nSPS) is 11.7. The van der Waals surface area contributed by atoms with Gasteiger partial charge in [0.15, 0.2) is 5.78 Å². The van der Waals surface area contributed by atoms with Crippen molar-refractivity contribution in [2.24, 2.45) is 7.05 Å². The van der Waals surface area contributed by atoms with Gasteiger partial charge in [-0.25, -0.2) is 4.68 Å². The molecule has 0 saturated heterocycles. The van der Waals surface area contributed by atoms with E-state index in [1.807, 2.05) is 0 Å². The maximum Gasteiger partial charge on any atom is 0.192 e. The molecule has 0 aliphatic rings. The van der Waals surface area contributed by atoms with Crippen molar-refractivity contribution in [2.75, 3.05) is 5.75 Å². The fraction of sp³-hybridized carbons (Fsp3) is 0.667. The summed E-state index contributed by atoms with van der Waals surface area (Å²) in [5, 5.41) is 7.39. The van der Waals surface area contributed by atoms with Crippen molar-refractivity contribution >= 4 is 17.5 Å². The van der Waals surface area contributed by atoms with Gasteiger partial charge in [0.2, 0.25) is 0 Å². The predicted molar refractivity (Wildman–Crippen MR) is 57.5 cm³/mol. The van der Waals surface area contributed by atoms with Crippen molar-refractivity contribution in [1.29, 1.82) is 0 Å². The number of hydrogen-bond donors (Lipinski definition) is 0. The molecule has 0 atom stereocenters. The van der Waals surface area contributed by atoms with Gasteiger partial charge in [-0.1, -0.05) is 26.0 Å². The summed E-state index contributed by atoms with van der Waals surface area (Å²) in [6.07, 6.45) is 1.51. The van der Waals surface area contributed by atoms with Crippen molar-refractivity contribution in [3.05, 3.63) is 11.9 Å². The summed E-state index contributed by atoms with van der Waals surface area (Å²) in [5.41, 5.74) is 0.571. The fourth-order valence-electron chi connectivity index (χ4n) is 0.898. The van der Waals surface area contributed by atoms with E-state index in [-0.39, 0.29) is 10.5 Å². The first-order valence-corrected chi connectivity index (χ1v) is 5.40. The number of thioether (sulfide) groups is 1. The van der Waals surface area contributed by atoms with Crippen LogP contribution in [0, 0.1) is 0 Å².